The minimum absolute atomic E-state index is 0.0394. The van der Waals surface area contributed by atoms with Gasteiger partial charge >= 0.3 is 0 Å². The fraction of sp³-hybridized carbons (Fsp3) is 0.200. The zero-order valence-electron chi connectivity index (χ0n) is 6.14. The Kier molecular flexibility index (Phi) is 2.25. The maximum Gasteiger partial charge on any atom is 0.298 e. The van der Waals surface area contributed by atoms with Gasteiger partial charge < -0.3 is 5.73 Å². The molecule has 0 unspecified atom stereocenters. The quantitative estimate of drug-likeness (QED) is 0.622. The summed E-state index contributed by atoms with van der Waals surface area (Å²) in [6.07, 6.45) is 2.52. The predicted octanol–water partition coefficient (Wildman–Crippen LogP) is -0.539. The average Bonchev–Trinajstić information content (AvgIpc) is 2.27. The minimum atomic E-state index is -3.74. The number of nitrogens with zero attached hydrogens (tertiary/aromatic N) is 1. The molecule has 0 radical (unpaired) electrons. The van der Waals surface area contributed by atoms with Gasteiger partial charge in [0.25, 0.3) is 10.0 Å². The SMILES string of the molecule is CSC(=O)C1=C(N)S(=O)(=O)N=C1. The molecule has 0 amide bonds. The van der Waals surface area contributed by atoms with Gasteiger partial charge in [-0.15, -0.1) is 0 Å². The summed E-state index contributed by atoms with van der Waals surface area (Å²) >= 11 is 0.894. The summed E-state index contributed by atoms with van der Waals surface area (Å²) in [6.45, 7) is 0. The van der Waals surface area contributed by atoms with Gasteiger partial charge in [-0.3, -0.25) is 4.79 Å². The molecule has 0 aromatic carbocycles. The molecule has 12 heavy (non-hydrogen) atoms. The normalized spacial score (nSPS) is 20.1. The van der Waals surface area contributed by atoms with Gasteiger partial charge in [0.1, 0.15) is 0 Å². The van der Waals surface area contributed by atoms with E-state index < -0.39 is 20.2 Å². The highest BCUT2D eigenvalue weighted by molar-refractivity contribution is 8.13. The first kappa shape index (κ1) is 9.27. The summed E-state index contributed by atoms with van der Waals surface area (Å²) in [5.74, 6) is 0. The lowest BCUT2D eigenvalue weighted by atomic mass is 10.3. The van der Waals surface area contributed by atoms with Crippen molar-refractivity contribution in [2.75, 3.05) is 6.26 Å². The standard InChI is InChI=1S/C5H6N2O3S2/c1-11-5(8)3-2-7-12(9,10)4(3)6/h2H,6H2,1H3. The van der Waals surface area contributed by atoms with Crippen molar-refractivity contribution in [2.45, 2.75) is 0 Å². The van der Waals surface area contributed by atoms with Gasteiger partial charge in [-0.25, -0.2) is 0 Å². The molecule has 0 saturated carbocycles. The van der Waals surface area contributed by atoms with Crippen molar-refractivity contribution >= 4 is 33.1 Å². The van der Waals surface area contributed by atoms with Gasteiger partial charge in [0, 0.05) is 0 Å². The molecular weight excluding hydrogens is 200 g/mol. The smallest absolute Gasteiger partial charge is 0.298 e. The first-order valence-electron chi connectivity index (χ1n) is 2.87. The molecule has 0 spiro atoms. The lowest BCUT2D eigenvalue weighted by Gasteiger charge is -1.94. The average molecular weight is 206 g/mol. The number of carbonyl (C=O) groups is 1. The minimum Gasteiger partial charge on any atom is -0.387 e. The molecule has 7 heteroatoms. The summed E-state index contributed by atoms with van der Waals surface area (Å²) in [7, 11) is -3.74. The fourth-order valence-electron chi connectivity index (χ4n) is 0.645. The van der Waals surface area contributed by atoms with Crippen molar-refractivity contribution in [2.24, 2.45) is 10.1 Å². The molecular formula is C5H6N2O3S2. The molecule has 66 valence electrons. The van der Waals surface area contributed by atoms with Crippen LogP contribution in [0, 0.1) is 0 Å². The number of nitrogens with two attached hydrogens (primary N) is 1. The summed E-state index contributed by atoms with van der Waals surface area (Å²) in [5, 5.41) is -0.848. The van der Waals surface area contributed by atoms with Crippen molar-refractivity contribution in [1.82, 2.24) is 0 Å². The number of sulfonamides is 1. The summed E-state index contributed by atoms with van der Waals surface area (Å²) in [4.78, 5) is 11.0. The first-order valence-corrected chi connectivity index (χ1v) is 5.54. The zero-order chi connectivity index (χ0) is 9.35. The van der Waals surface area contributed by atoms with Crippen LogP contribution in [-0.2, 0) is 14.8 Å². The van der Waals surface area contributed by atoms with Crippen LogP contribution >= 0.6 is 11.8 Å². The molecule has 0 aliphatic carbocycles. The van der Waals surface area contributed by atoms with Gasteiger partial charge in [0.2, 0.25) is 5.12 Å². The third-order valence-corrected chi connectivity index (χ3v) is 3.02. The van der Waals surface area contributed by atoms with E-state index in [9.17, 15) is 13.2 Å². The Hall–Kier alpha value is -0.820. The molecule has 1 rings (SSSR count). The molecule has 1 aliphatic heterocycles. The second kappa shape index (κ2) is 2.91. The van der Waals surface area contributed by atoms with Crippen LogP contribution in [0.15, 0.2) is 15.0 Å². The van der Waals surface area contributed by atoms with Crippen LogP contribution in [0.2, 0.25) is 0 Å². The van der Waals surface area contributed by atoms with E-state index in [1.54, 1.807) is 6.26 Å². The summed E-state index contributed by atoms with van der Waals surface area (Å²) in [5.41, 5.74) is 5.13. The molecule has 1 heterocycles. The van der Waals surface area contributed by atoms with Crippen molar-refractivity contribution in [3.05, 3.63) is 10.6 Å². The van der Waals surface area contributed by atoms with E-state index in [0.717, 1.165) is 18.0 Å². The van der Waals surface area contributed by atoms with Gasteiger partial charge in [-0.2, -0.15) is 12.8 Å². The highest BCUT2D eigenvalue weighted by Crippen LogP contribution is 2.18. The van der Waals surface area contributed by atoms with Gasteiger partial charge in [-0.1, -0.05) is 11.8 Å². The fourth-order valence-corrected chi connectivity index (χ4v) is 1.87. The van der Waals surface area contributed by atoms with E-state index in [2.05, 4.69) is 4.40 Å². The molecule has 0 fully saturated rings. The highest BCUT2D eigenvalue weighted by Gasteiger charge is 2.26. The summed E-state index contributed by atoms with van der Waals surface area (Å²) < 4.78 is 24.8. The first-order chi connectivity index (χ1) is 5.49. The van der Waals surface area contributed by atoms with Crippen molar-refractivity contribution < 1.29 is 13.2 Å². The molecule has 0 saturated heterocycles. The third kappa shape index (κ3) is 1.37. The van der Waals surface area contributed by atoms with E-state index in [-0.39, 0.29) is 5.57 Å². The van der Waals surface area contributed by atoms with Gasteiger partial charge in [-0.05, 0) is 6.26 Å². The zero-order valence-corrected chi connectivity index (χ0v) is 7.78. The molecule has 0 bridgehead atoms. The largest absolute Gasteiger partial charge is 0.387 e. The maximum atomic E-state index is 11.0. The molecule has 2 N–H and O–H groups in total. The van der Waals surface area contributed by atoms with Crippen molar-refractivity contribution in [3.63, 3.8) is 0 Å². The lowest BCUT2D eigenvalue weighted by molar-refractivity contribution is -0.107. The van der Waals surface area contributed by atoms with Crippen molar-refractivity contribution in [1.29, 1.82) is 0 Å². The second-order valence-corrected chi connectivity index (χ2v) is 4.36. The monoisotopic (exact) mass is 206 g/mol. The molecule has 5 nitrogen and oxygen atoms in total. The van der Waals surface area contributed by atoms with Crippen LogP contribution < -0.4 is 5.73 Å². The van der Waals surface area contributed by atoms with E-state index in [0.29, 0.717) is 0 Å². The highest BCUT2D eigenvalue weighted by atomic mass is 32.2. The topological polar surface area (TPSA) is 89.6 Å². The van der Waals surface area contributed by atoms with Crippen LogP contribution in [0.5, 0.6) is 0 Å². The Morgan fingerprint density at radius 2 is 2.25 bits per heavy atom. The second-order valence-electron chi connectivity index (χ2n) is 1.98. The van der Waals surface area contributed by atoms with Crippen LogP contribution in [-0.4, -0.2) is 26.0 Å². The Morgan fingerprint density at radius 1 is 1.67 bits per heavy atom. The number of thioether (sulfide) groups is 1. The van der Waals surface area contributed by atoms with Gasteiger partial charge in [0.05, 0.1) is 11.8 Å². The van der Waals surface area contributed by atoms with Crippen molar-refractivity contribution in [3.8, 4) is 0 Å². The van der Waals surface area contributed by atoms with Crippen LogP contribution in [0.25, 0.3) is 0 Å². The third-order valence-electron chi connectivity index (χ3n) is 1.27. The van der Waals surface area contributed by atoms with Crippen LogP contribution in [0.3, 0.4) is 0 Å². The van der Waals surface area contributed by atoms with E-state index >= 15 is 0 Å². The predicted molar refractivity (Wildman–Crippen MR) is 47.1 cm³/mol. The number of hydrogen-bond acceptors (Lipinski definition) is 5. The number of carbonyl (C=O) groups excluding carboxylic acids is 1. The van der Waals surface area contributed by atoms with E-state index in [1.807, 2.05) is 0 Å². The Morgan fingerprint density at radius 3 is 2.58 bits per heavy atom. The Balaban J connectivity index is 3.19. The number of rotatable bonds is 1. The number of hydrogen-bond donors (Lipinski definition) is 1. The van der Waals surface area contributed by atoms with Crippen LogP contribution in [0.1, 0.15) is 0 Å². The Bertz CT molecular complexity index is 379. The Labute approximate surface area is 73.8 Å². The molecule has 0 aromatic heterocycles. The van der Waals surface area contributed by atoms with E-state index in [4.69, 9.17) is 5.73 Å². The lowest BCUT2D eigenvalue weighted by Crippen LogP contribution is -2.11. The van der Waals surface area contributed by atoms with Gasteiger partial charge in [0.15, 0.2) is 5.03 Å². The molecule has 1 aliphatic rings. The maximum absolute atomic E-state index is 11.0. The van der Waals surface area contributed by atoms with Crippen LogP contribution in [0.4, 0.5) is 0 Å². The summed E-state index contributed by atoms with van der Waals surface area (Å²) in [6, 6.07) is 0. The van der Waals surface area contributed by atoms with E-state index in [1.165, 1.54) is 0 Å². The molecule has 0 aromatic rings. The molecule has 0 atom stereocenters.